The second-order valence-electron chi connectivity index (χ2n) is 4.58. The SMILES string of the molecule is C.CC.CC.Cc1nccn1Cc1ccc(-c2[c-]cccc2)cc1.[Db]. The third-order valence-corrected chi connectivity index (χ3v) is 3.25. The van der Waals surface area contributed by atoms with Gasteiger partial charge < -0.3 is 4.57 Å². The Hall–Kier alpha value is -3.35. The third-order valence-electron chi connectivity index (χ3n) is 3.25. The van der Waals surface area contributed by atoms with Gasteiger partial charge in [0.1, 0.15) is 5.82 Å². The van der Waals surface area contributed by atoms with Crippen LogP contribution < -0.4 is 0 Å². The molecule has 0 saturated heterocycles. The zero-order valence-corrected chi connectivity index (χ0v) is 22.0. The molecule has 0 aliphatic rings. The van der Waals surface area contributed by atoms with Crippen LogP contribution in [0.2, 0.25) is 0 Å². The molecule has 2 aromatic carbocycles. The van der Waals surface area contributed by atoms with Crippen molar-refractivity contribution in [2.45, 2.75) is 48.6 Å². The molecule has 0 fully saturated rings. The minimum atomic E-state index is 0. The Morgan fingerprint density at radius 3 is 2.08 bits per heavy atom. The first-order valence-corrected chi connectivity index (χ1v) is 8.37. The summed E-state index contributed by atoms with van der Waals surface area (Å²) in [6.45, 7) is 10.9. The molecular formula is C22H31DbN2-. The second-order valence-corrected chi connectivity index (χ2v) is 4.58. The van der Waals surface area contributed by atoms with Gasteiger partial charge in [-0.2, -0.15) is 0 Å². The van der Waals surface area contributed by atoms with Gasteiger partial charge in [-0.25, -0.2) is 4.98 Å². The van der Waals surface area contributed by atoms with E-state index in [1.807, 2.05) is 65.2 Å². The summed E-state index contributed by atoms with van der Waals surface area (Å²) in [5, 5.41) is 0. The van der Waals surface area contributed by atoms with E-state index in [2.05, 4.69) is 45.9 Å². The molecule has 3 aromatic rings. The standard InChI is InChI=1S/C17H15N2.2C2H6.CH4.Db/c1-14-18-11-12-19(14)13-15-7-9-17(10-8-15)16-5-3-2-4-6-16;2*1-2;;/h2-5,7-12H,13H2,1H3;2*1-2H3;1H4;/q-1;;;;. The first-order chi connectivity index (χ1) is 11.3. The van der Waals surface area contributed by atoms with Crippen molar-refractivity contribution in [1.29, 1.82) is 0 Å². The molecule has 3 rings (SSSR count). The minimum Gasteiger partial charge on any atom is -0.331 e. The maximum Gasteiger partial charge on any atom is 0.105 e. The van der Waals surface area contributed by atoms with Gasteiger partial charge in [-0.3, -0.25) is 0 Å². The first kappa shape index (κ1) is 23.9. The fraction of sp³-hybridized carbons (Fsp3) is 0.318. The van der Waals surface area contributed by atoms with E-state index in [0.717, 1.165) is 17.9 Å². The average Bonchev–Trinajstić information content (AvgIpc) is 3.05. The van der Waals surface area contributed by atoms with Crippen LogP contribution in [0.25, 0.3) is 11.1 Å². The maximum absolute atomic E-state index is 4.24. The van der Waals surface area contributed by atoms with Crippen molar-refractivity contribution in [3.05, 3.63) is 78.4 Å². The Morgan fingerprint density at radius 2 is 1.60 bits per heavy atom. The molecule has 0 unspecified atom stereocenters. The molecule has 0 amide bonds. The van der Waals surface area contributed by atoms with Crippen molar-refractivity contribution in [2.75, 3.05) is 0 Å². The van der Waals surface area contributed by atoms with Crippen LogP contribution in [0.15, 0.2) is 60.9 Å². The van der Waals surface area contributed by atoms with E-state index >= 15 is 0 Å². The van der Waals surface area contributed by atoms with Crippen LogP contribution in [0.1, 0.15) is 46.5 Å². The number of nitrogens with zero attached hydrogens (tertiary/aromatic N) is 2. The van der Waals surface area contributed by atoms with Crippen LogP contribution in [0, 0.1) is 13.0 Å². The van der Waals surface area contributed by atoms with Gasteiger partial charge in [-0.1, -0.05) is 65.0 Å². The summed E-state index contributed by atoms with van der Waals surface area (Å²) in [6.07, 6.45) is 3.84. The van der Waals surface area contributed by atoms with Crippen molar-refractivity contribution < 1.29 is 0 Å². The Balaban J connectivity index is 0. The van der Waals surface area contributed by atoms with Crippen LogP contribution in [0.5, 0.6) is 0 Å². The molecule has 0 N–H and O–H groups in total. The smallest absolute Gasteiger partial charge is 0.105 e. The molecule has 1 heterocycles. The van der Waals surface area contributed by atoms with Gasteiger partial charge in [0.05, 0.1) is 0 Å². The van der Waals surface area contributed by atoms with Crippen molar-refractivity contribution in [3.8, 4) is 11.1 Å². The fourth-order valence-electron chi connectivity index (χ4n) is 2.13. The maximum atomic E-state index is 4.24. The molecule has 1 aromatic heterocycles. The predicted octanol–water partition coefficient (Wildman–Crippen LogP) is 6.40. The Morgan fingerprint density at radius 1 is 0.960 bits per heavy atom. The molecule has 0 spiro atoms. The number of hydrogen-bond donors (Lipinski definition) is 0. The summed E-state index contributed by atoms with van der Waals surface area (Å²) in [7, 11) is 0. The summed E-state index contributed by atoms with van der Waals surface area (Å²) >= 11 is 0. The molecule has 0 radical (unpaired) electrons. The number of aromatic nitrogens is 2. The van der Waals surface area contributed by atoms with Gasteiger partial charge in [-0.05, 0) is 12.5 Å². The van der Waals surface area contributed by atoms with Crippen LogP contribution in [0.4, 0.5) is 0 Å². The van der Waals surface area contributed by atoms with Gasteiger partial charge >= 0.3 is 0 Å². The van der Waals surface area contributed by atoms with E-state index in [0.29, 0.717) is 0 Å². The van der Waals surface area contributed by atoms with E-state index in [9.17, 15) is 0 Å². The Bertz CT molecular complexity index is 658. The minimum absolute atomic E-state index is 0. The molecule has 132 valence electrons. The molecule has 2 nitrogen and oxygen atoms in total. The van der Waals surface area contributed by atoms with E-state index in [1.165, 1.54) is 11.1 Å². The molecule has 0 atom stereocenters. The van der Waals surface area contributed by atoms with Crippen molar-refractivity contribution in [1.82, 2.24) is 9.55 Å². The monoisotopic (exact) mass is 591 g/mol. The number of aryl methyl sites for hydroxylation is 1. The zero-order valence-electron chi connectivity index (χ0n) is 15.6. The van der Waals surface area contributed by atoms with Gasteiger partial charge in [0.2, 0.25) is 0 Å². The second kappa shape index (κ2) is 13.1. The van der Waals surface area contributed by atoms with Crippen molar-refractivity contribution in [2.24, 2.45) is 0 Å². The third kappa shape index (κ3) is 6.74. The largest absolute Gasteiger partial charge is 0.331 e. The molecule has 0 aliphatic carbocycles. The zero-order chi connectivity index (χ0) is 17.1. The van der Waals surface area contributed by atoms with Crippen LogP contribution >= 0.6 is 0 Å². The van der Waals surface area contributed by atoms with Crippen molar-refractivity contribution >= 4 is 0 Å². The van der Waals surface area contributed by atoms with Gasteiger partial charge in [0, 0.05) is 18.9 Å². The van der Waals surface area contributed by atoms with Crippen molar-refractivity contribution in [3.63, 3.8) is 0 Å². The first-order valence-electron chi connectivity index (χ1n) is 8.37. The van der Waals surface area contributed by atoms with Gasteiger partial charge in [0.25, 0.3) is 0 Å². The molecule has 25 heavy (non-hydrogen) atoms. The average molecular weight is 592 g/mol. The number of imidazole rings is 1. The summed E-state index contributed by atoms with van der Waals surface area (Å²) in [6, 6.07) is 19.9. The van der Waals surface area contributed by atoms with Gasteiger partial charge in [0.15, 0.2) is 0 Å². The van der Waals surface area contributed by atoms with E-state index < -0.39 is 0 Å². The number of benzene rings is 2. The summed E-state index contributed by atoms with van der Waals surface area (Å²) in [4.78, 5) is 4.24. The normalized spacial score (nSPS) is 8.52. The topological polar surface area (TPSA) is 17.8 Å². The Kier molecular flexibility index (Phi) is 12.6. The number of rotatable bonds is 3. The van der Waals surface area contributed by atoms with Gasteiger partial charge in [-0.15, -0.1) is 35.9 Å². The molecule has 0 aliphatic heterocycles. The molecule has 0 saturated carbocycles. The van der Waals surface area contributed by atoms with E-state index in [1.54, 1.807) is 0 Å². The van der Waals surface area contributed by atoms with E-state index in [-0.39, 0.29) is 7.43 Å². The van der Waals surface area contributed by atoms with Crippen LogP contribution in [0.3, 0.4) is 0 Å². The molecular weight excluding hydrogens is 560 g/mol. The number of hydrogen-bond acceptors (Lipinski definition) is 1. The Labute approximate surface area is 148 Å². The summed E-state index contributed by atoms with van der Waals surface area (Å²) < 4.78 is 2.14. The fourth-order valence-corrected chi connectivity index (χ4v) is 2.13. The summed E-state index contributed by atoms with van der Waals surface area (Å²) in [5.74, 6) is 1.04. The van der Waals surface area contributed by atoms with E-state index in [4.69, 9.17) is 0 Å². The predicted molar refractivity (Wildman–Crippen MR) is 106 cm³/mol. The van der Waals surface area contributed by atoms with Crippen LogP contribution in [-0.4, -0.2) is 9.55 Å². The van der Waals surface area contributed by atoms with Crippen LogP contribution in [-0.2, 0) is 6.54 Å². The molecule has 3 heteroatoms. The summed E-state index contributed by atoms with van der Waals surface area (Å²) in [5.41, 5.74) is 3.61. The molecule has 0 bridgehead atoms. The quantitative estimate of drug-likeness (QED) is 0.323.